The second-order valence-electron chi connectivity index (χ2n) is 4.26. The standard InChI is InChI=1S/C14H15Br2N3O/c1-4-17-13-8(2)14(19-9(3)18-13)20-12-6-5-10(15)7-11(12)16/h5-7H,4H2,1-3H3,(H,17,18,19). The van der Waals surface area contributed by atoms with E-state index in [0.717, 1.165) is 32.6 Å². The highest BCUT2D eigenvalue weighted by Gasteiger charge is 2.12. The molecule has 2 rings (SSSR count). The Bertz CT molecular complexity index is 632. The van der Waals surface area contributed by atoms with Gasteiger partial charge >= 0.3 is 0 Å². The summed E-state index contributed by atoms with van der Waals surface area (Å²) in [6.45, 7) is 6.63. The van der Waals surface area contributed by atoms with Crippen LogP contribution in [-0.4, -0.2) is 16.5 Å². The Morgan fingerprint density at radius 1 is 1.20 bits per heavy atom. The zero-order valence-electron chi connectivity index (χ0n) is 11.5. The van der Waals surface area contributed by atoms with Crippen molar-refractivity contribution in [3.05, 3.63) is 38.5 Å². The fourth-order valence-electron chi connectivity index (χ4n) is 1.70. The van der Waals surface area contributed by atoms with Crippen LogP contribution in [0.2, 0.25) is 0 Å². The number of ether oxygens (including phenoxy) is 1. The molecular weight excluding hydrogens is 386 g/mol. The van der Waals surface area contributed by atoms with Crippen molar-refractivity contribution in [2.45, 2.75) is 20.8 Å². The van der Waals surface area contributed by atoms with E-state index in [1.807, 2.05) is 39.0 Å². The largest absolute Gasteiger partial charge is 0.437 e. The van der Waals surface area contributed by atoms with Gasteiger partial charge in [-0.2, -0.15) is 4.98 Å². The summed E-state index contributed by atoms with van der Waals surface area (Å²) in [4.78, 5) is 8.75. The van der Waals surface area contributed by atoms with Crippen LogP contribution in [0, 0.1) is 13.8 Å². The molecule has 106 valence electrons. The molecular formula is C14H15Br2N3O. The van der Waals surface area contributed by atoms with Crippen LogP contribution in [0.15, 0.2) is 27.1 Å². The summed E-state index contributed by atoms with van der Waals surface area (Å²) < 4.78 is 7.76. The summed E-state index contributed by atoms with van der Waals surface area (Å²) in [5, 5.41) is 3.22. The Labute approximate surface area is 135 Å². The van der Waals surface area contributed by atoms with Gasteiger partial charge in [0.15, 0.2) is 0 Å². The van der Waals surface area contributed by atoms with E-state index in [2.05, 4.69) is 47.1 Å². The van der Waals surface area contributed by atoms with Crippen LogP contribution in [0.3, 0.4) is 0 Å². The maximum absolute atomic E-state index is 5.90. The van der Waals surface area contributed by atoms with Crippen molar-refractivity contribution in [2.75, 3.05) is 11.9 Å². The lowest BCUT2D eigenvalue weighted by Gasteiger charge is -2.13. The molecule has 20 heavy (non-hydrogen) atoms. The molecule has 0 aliphatic carbocycles. The lowest BCUT2D eigenvalue weighted by Crippen LogP contribution is -2.06. The molecule has 2 aromatic rings. The summed E-state index contributed by atoms with van der Waals surface area (Å²) >= 11 is 6.90. The number of nitrogens with zero attached hydrogens (tertiary/aromatic N) is 2. The van der Waals surface area contributed by atoms with Crippen molar-refractivity contribution in [2.24, 2.45) is 0 Å². The monoisotopic (exact) mass is 399 g/mol. The molecule has 0 radical (unpaired) electrons. The fraction of sp³-hybridized carbons (Fsp3) is 0.286. The molecule has 6 heteroatoms. The summed E-state index contributed by atoms with van der Waals surface area (Å²) in [5.41, 5.74) is 0.896. The molecule has 4 nitrogen and oxygen atoms in total. The first-order valence-electron chi connectivity index (χ1n) is 6.23. The second kappa shape index (κ2) is 6.54. The Morgan fingerprint density at radius 2 is 1.95 bits per heavy atom. The molecule has 0 saturated carbocycles. The maximum Gasteiger partial charge on any atom is 0.227 e. The van der Waals surface area contributed by atoms with E-state index >= 15 is 0 Å². The van der Waals surface area contributed by atoms with Crippen molar-refractivity contribution < 1.29 is 4.74 Å². The van der Waals surface area contributed by atoms with E-state index < -0.39 is 0 Å². The van der Waals surface area contributed by atoms with Crippen LogP contribution < -0.4 is 10.1 Å². The third-order valence-corrected chi connectivity index (χ3v) is 3.77. The third-order valence-electron chi connectivity index (χ3n) is 2.66. The number of aromatic nitrogens is 2. The molecule has 0 bridgehead atoms. The maximum atomic E-state index is 5.90. The number of anilines is 1. The van der Waals surface area contributed by atoms with E-state index in [1.54, 1.807) is 0 Å². The minimum Gasteiger partial charge on any atom is -0.437 e. The highest BCUT2D eigenvalue weighted by Crippen LogP contribution is 2.33. The van der Waals surface area contributed by atoms with Crippen LogP contribution in [0.5, 0.6) is 11.6 Å². The zero-order valence-corrected chi connectivity index (χ0v) is 14.7. The molecule has 0 spiro atoms. The van der Waals surface area contributed by atoms with E-state index in [1.165, 1.54) is 0 Å². The predicted molar refractivity (Wildman–Crippen MR) is 87.6 cm³/mol. The van der Waals surface area contributed by atoms with Gasteiger partial charge in [0, 0.05) is 11.0 Å². The molecule has 0 saturated heterocycles. The molecule has 0 atom stereocenters. The van der Waals surface area contributed by atoms with E-state index in [4.69, 9.17) is 4.74 Å². The Hall–Kier alpha value is -1.14. The molecule has 0 amide bonds. The van der Waals surface area contributed by atoms with Gasteiger partial charge in [-0.1, -0.05) is 15.9 Å². The number of halogens is 2. The van der Waals surface area contributed by atoms with E-state index in [0.29, 0.717) is 11.7 Å². The van der Waals surface area contributed by atoms with E-state index in [-0.39, 0.29) is 0 Å². The molecule has 1 aromatic heterocycles. The Kier molecular flexibility index (Phi) is 4.99. The fourth-order valence-corrected chi connectivity index (χ4v) is 2.83. The van der Waals surface area contributed by atoms with Gasteiger partial charge < -0.3 is 10.1 Å². The molecule has 0 unspecified atom stereocenters. The minimum atomic E-state index is 0.566. The van der Waals surface area contributed by atoms with Crippen molar-refractivity contribution in [3.8, 4) is 11.6 Å². The van der Waals surface area contributed by atoms with Gasteiger partial charge in [0.1, 0.15) is 17.4 Å². The molecule has 1 N–H and O–H groups in total. The van der Waals surface area contributed by atoms with Gasteiger partial charge in [-0.25, -0.2) is 4.98 Å². The first-order valence-corrected chi connectivity index (χ1v) is 7.82. The SMILES string of the molecule is CCNc1nc(C)nc(Oc2ccc(Br)cc2Br)c1C. The summed E-state index contributed by atoms with van der Waals surface area (Å²) in [7, 11) is 0. The lowest BCUT2D eigenvalue weighted by molar-refractivity contribution is 0.453. The highest BCUT2D eigenvalue weighted by molar-refractivity contribution is 9.11. The predicted octanol–water partition coefficient (Wildman–Crippen LogP) is 4.84. The van der Waals surface area contributed by atoms with Crippen molar-refractivity contribution >= 4 is 37.7 Å². The van der Waals surface area contributed by atoms with Crippen molar-refractivity contribution in [1.29, 1.82) is 0 Å². The van der Waals surface area contributed by atoms with Crippen molar-refractivity contribution in [1.82, 2.24) is 9.97 Å². The Balaban J connectivity index is 2.37. The lowest BCUT2D eigenvalue weighted by atomic mass is 10.3. The van der Waals surface area contributed by atoms with Gasteiger partial charge in [0.2, 0.25) is 5.88 Å². The second-order valence-corrected chi connectivity index (χ2v) is 6.03. The number of aryl methyl sites for hydroxylation is 1. The van der Waals surface area contributed by atoms with Crippen LogP contribution in [0.25, 0.3) is 0 Å². The third kappa shape index (κ3) is 3.49. The first kappa shape index (κ1) is 15.3. The number of benzene rings is 1. The van der Waals surface area contributed by atoms with Crippen LogP contribution in [0.4, 0.5) is 5.82 Å². The topological polar surface area (TPSA) is 47.0 Å². The molecule has 0 fully saturated rings. The number of hydrogen-bond donors (Lipinski definition) is 1. The first-order chi connectivity index (χ1) is 9.51. The van der Waals surface area contributed by atoms with Crippen LogP contribution in [0.1, 0.15) is 18.3 Å². The molecule has 1 heterocycles. The van der Waals surface area contributed by atoms with E-state index in [9.17, 15) is 0 Å². The molecule has 0 aliphatic heterocycles. The quantitative estimate of drug-likeness (QED) is 0.797. The van der Waals surface area contributed by atoms with Gasteiger partial charge in [0.25, 0.3) is 0 Å². The van der Waals surface area contributed by atoms with Crippen LogP contribution in [-0.2, 0) is 0 Å². The normalized spacial score (nSPS) is 10.4. The average Bonchev–Trinajstić information content (AvgIpc) is 2.38. The number of nitrogens with one attached hydrogen (secondary N) is 1. The number of rotatable bonds is 4. The molecule has 1 aromatic carbocycles. The van der Waals surface area contributed by atoms with Crippen molar-refractivity contribution in [3.63, 3.8) is 0 Å². The summed E-state index contributed by atoms with van der Waals surface area (Å²) in [6.07, 6.45) is 0. The molecule has 0 aliphatic rings. The number of hydrogen-bond acceptors (Lipinski definition) is 4. The smallest absolute Gasteiger partial charge is 0.227 e. The van der Waals surface area contributed by atoms with Crippen LogP contribution >= 0.6 is 31.9 Å². The zero-order chi connectivity index (χ0) is 14.7. The minimum absolute atomic E-state index is 0.566. The summed E-state index contributed by atoms with van der Waals surface area (Å²) in [6, 6.07) is 5.75. The van der Waals surface area contributed by atoms with Gasteiger partial charge in [-0.3, -0.25) is 0 Å². The van der Waals surface area contributed by atoms with Gasteiger partial charge in [-0.15, -0.1) is 0 Å². The van der Waals surface area contributed by atoms with Gasteiger partial charge in [0.05, 0.1) is 10.0 Å². The average molecular weight is 401 g/mol. The Morgan fingerprint density at radius 3 is 2.60 bits per heavy atom. The van der Waals surface area contributed by atoms with Gasteiger partial charge in [-0.05, 0) is 54.9 Å². The highest BCUT2D eigenvalue weighted by atomic mass is 79.9. The summed E-state index contributed by atoms with van der Waals surface area (Å²) in [5.74, 6) is 2.77.